The Labute approximate surface area is 76.3 Å². The van der Waals surface area contributed by atoms with Crippen LogP contribution in [0.2, 0.25) is 5.02 Å². The number of anilines is 1. The lowest BCUT2D eigenvalue weighted by atomic mass is 10.0. The van der Waals surface area contributed by atoms with Crippen molar-refractivity contribution in [1.29, 1.82) is 0 Å². The smallest absolute Gasteiger partial charge is 0.143 e. The predicted molar refractivity (Wildman–Crippen MR) is 49.9 cm³/mol. The van der Waals surface area contributed by atoms with Crippen molar-refractivity contribution in [3.8, 4) is 0 Å². The molecule has 0 aromatic heterocycles. The molecule has 1 rings (SSSR count). The lowest BCUT2D eigenvalue weighted by molar-refractivity contribution is 0.627. The molecule has 3 heteroatoms. The molecular formula is C9H11ClFN. The molecule has 2 N–H and O–H groups in total. The largest absolute Gasteiger partial charge is 0.398 e. The molecule has 1 aromatic rings. The summed E-state index contributed by atoms with van der Waals surface area (Å²) in [6.07, 6.45) is 0. The van der Waals surface area contributed by atoms with Crippen molar-refractivity contribution in [2.24, 2.45) is 0 Å². The van der Waals surface area contributed by atoms with Crippen LogP contribution in [0.25, 0.3) is 0 Å². The van der Waals surface area contributed by atoms with E-state index < -0.39 is 5.82 Å². The van der Waals surface area contributed by atoms with Gasteiger partial charge < -0.3 is 5.73 Å². The van der Waals surface area contributed by atoms with Crippen LogP contribution in [0, 0.1) is 5.82 Å². The van der Waals surface area contributed by atoms with Crippen LogP contribution in [0.1, 0.15) is 25.3 Å². The highest BCUT2D eigenvalue weighted by molar-refractivity contribution is 6.30. The zero-order chi connectivity index (χ0) is 9.30. The number of halogens is 2. The molecule has 1 nitrogen and oxygen atoms in total. The molecule has 0 atom stereocenters. The van der Waals surface area contributed by atoms with Crippen molar-refractivity contribution in [2.45, 2.75) is 19.8 Å². The average Bonchev–Trinajstić information content (AvgIpc) is 1.96. The van der Waals surface area contributed by atoms with Gasteiger partial charge in [-0.05, 0) is 23.6 Å². The third-order valence-electron chi connectivity index (χ3n) is 1.75. The highest BCUT2D eigenvalue weighted by atomic mass is 35.5. The van der Waals surface area contributed by atoms with Crippen molar-refractivity contribution in [3.63, 3.8) is 0 Å². The van der Waals surface area contributed by atoms with Gasteiger partial charge in [0.2, 0.25) is 0 Å². The monoisotopic (exact) mass is 187 g/mol. The third kappa shape index (κ3) is 1.69. The van der Waals surface area contributed by atoms with Gasteiger partial charge in [0.05, 0.1) is 5.02 Å². The van der Waals surface area contributed by atoms with E-state index in [1.807, 2.05) is 13.8 Å². The van der Waals surface area contributed by atoms with Gasteiger partial charge in [-0.2, -0.15) is 0 Å². The van der Waals surface area contributed by atoms with Gasteiger partial charge in [-0.15, -0.1) is 0 Å². The van der Waals surface area contributed by atoms with Gasteiger partial charge >= 0.3 is 0 Å². The Kier molecular flexibility index (Phi) is 2.58. The van der Waals surface area contributed by atoms with Crippen molar-refractivity contribution in [2.75, 3.05) is 5.73 Å². The zero-order valence-corrected chi connectivity index (χ0v) is 7.82. The first-order chi connectivity index (χ1) is 5.52. The summed E-state index contributed by atoms with van der Waals surface area (Å²) in [5, 5.41) is 0.132. The Bertz CT molecular complexity index is 297. The second-order valence-corrected chi connectivity index (χ2v) is 3.46. The molecule has 0 saturated heterocycles. The van der Waals surface area contributed by atoms with Crippen molar-refractivity contribution < 1.29 is 4.39 Å². The molecule has 0 bridgehead atoms. The molecule has 0 aliphatic rings. The maximum atomic E-state index is 12.8. The summed E-state index contributed by atoms with van der Waals surface area (Å²) in [6, 6.07) is 2.84. The molecular weight excluding hydrogens is 177 g/mol. The van der Waals surface area contributed by atoms with Gasteiger partial charge in [0, 0.05) is 5.69 Å². The second kappa shape index (κ2) is 3.31. The van der Waals surface area contributed by atoms with Crippen LogP contribution in [0.5, 0.6) is 0 Å². The molecule has 66 valence electrons. The highest BCUT2D eigenvalue weighted by Crippen LogP contribution is 2.27. The minimum atomic E-state index is -0.460. The number of nitrogens with two attached hydrogens (primary N) is 1. The number of benzene rings is 1. The maximum Gasteiger partial charge on any atom is 0.143 e. The highest BCUT2D eigenvalue weighted by Gasteiger charge is 2.08. The van der Waals surface area contributed by atoms with E-state index in [0.29, 0.717) is 5.69 Å². The molecule has 0 heterocycles. The number of nitrogen functional groups attached to an aromatic ring is 1. The van der Waals surface area contributed by atoms with Crippen LogP contribution < -0.4 is 5.73 Å². The Morgan fingerprint density at radius 2 is 2.00 bits per heavy atom. The molecule has 0 aliphatic carbocycles. The minimum absolute atomic E-state index is 0.132. The summed E-state index contributed by atoms with van der Waals surface area (Å²) in [5.74, 6) is -0.193. The Balaban J connectivity index is 3.23. The van der Waals surface area contributed by atoms with E-state index in [1.54, 1.807) is 6.07 Å². The average molecular weight is 188 g/mol. The van der Waals surface area contributed by atoms with Crippen molar-refractivity contribution >= 4 is 17.3 Å². The van der Waals surface area contributed by atoms with Crippen LogP contribution in [0.15, 0.2) is 12.1 Å². The van der Waals surface area contributed by atoms with Crippen molar-refractivity contribution in [1.82, 2.24) is 0 Å². The van der Waals surface area contributed by atoms with Crippen LogP contribution >= 0.6 is 11.6 Å². The van der Waals surface area contributed by atoms with E-state index in [4.69, 9.17) is 17.3 Å². The minimum Gasteiger partial charge on any atom is -0.398 e. The summed E-state index contributed by atoms with van der Waals surface area (Å²) in [4.78, 5) is 0. The van der Waals surface area contributed by atoms with E-state index in [2.05, 4.69) is 0 Å². The van der Waals surface area contributed by atoms with E-state index in [9.17, 15) is 4.39 Å². The van der Waals surface area contributed by atoms with Crippen LogP contribution in [0.3, 0.4) is 0 Å². The van der Waals surface area contributed by atoms with Crippen LogP contribution in [0.4, 0.5) is 10.1 Å². The molecule has 0 spiro atoms. The van der Waals surface area contributed by atoms with Gasteiger partial charge in [-0.3, -0.25) is 0 Å². The lowest BCUT2D eigenvalue weighted by Crippen LogP contribution is -1.97. The van der Waals surface area contributed by atoms with Crippen LogP contribution in [-0.4, -0.2) is 0 Å². The summed E-state index contributed by atoms with van der Waals surface area (Å²) in [7, 11) is 0. The standard InChI is InChI=1S/C9H11ClFN/c1-5(2)6-3-7(10)8(11)4-9(6)12/h3-5H,12H2,1-2H3. The van der Waals surface area contributed by atoms with E-state index in [-0.39, 0.29) is 10.9 Å². The van der Waals surface area contributed by atoms with E-state index >= 15 is 0 Å². The summed E-state index contributed by atoms with van der Waals surface area (Å²) < 4.78 is 12.8. The third-order valence-corrected chi connectivity index (χ3v) is 2.04. The van der Waals surface area contributed by atoms with Gasteiger partial charge in [-0.1, -0.05) is 25.4 Å². The predicted octanol–water partition coefficient (Wildman–Crippen LogP) is 3.18. The van der Waals surface area contributed by atoms with Crippen LogP contribution in [-0.2, 0) is 0 Å². The van der Waals surface area contributed by atoms with E-state index in [1.165, 1.54) is 6.07 Å². The lowest BCUT2D eigenvalue weighted by Gasteiger charge is -2.09. The molecule has 0 amide bonds. The van der Waals surface area contributed by atoms with Crippen molar-refractivity contribution in [3.05, 3.63) is 28.5 Å². The summed E-state index contributed by atoms with van der Waals surface area (Å²) in [5.41, 5.74) is 6.95. The topological polar surface area (TPSA) is 26.0 Å². The molecule has 0 unspecified atom stereocenters. The van der Waals surface area contributed by atoms with Gasteiger partial charge in [0.25, 0.3) is 0 Å². The quantitative estimate of drug-likeness (QED) is 0.672. The second-order valence-electron chi connectivity index (χ2n) is 3.05. The van der Waals surface area contributed by atoms with E-state index in [0.717, 1.165) is 5.56 Å². The molecule has 0 fully saturated rings. The first-order valence-corrected chi connectivity index (χ1v) is 4.14. The normalized spacial score (nSPS) is 10.8. The number of hydrogen-bond acceptors (Lipinski definition) is 1. The maximum absolute atomic E-state index is 12.8. The Morgan fingerprint density at radius 3 is 2.50 bits per heavy atom. The first-order valence-electron chi connectivity index (χ1n) is 3.76. The molecule has 12 heavy (non-hydrogen) atoms. The molecule has 0 radical (unpaired) electrons. The van der Waals surface area contributed by atoms with Gasteiger partial charge in [0.1, 0.15) is 5.82 Å². The Hall–Kier alpha value is -0.760. The first kappa shape index (κ1) is 9.33. The number of rotatable bonds is 1. The fraction of sp³-hybridized carbons (Fsp3) is 0.333. The fourth-order valence-corrected chi connectivity index (χ4v) is 1.25. The summed E-state index contributed by atoms with van der Waals surface area (Å²) in [6.45, 7) is 3.97. The molecule has 1 aromatic carbocycles. The SMILES string of the molecule is CC(C)c1cc(Cl)c(F)cc1N. The molecule has 0 saturated carbocycles. The summed E-state index contributed by atoms with van der Waals surface area (Å²) >= 11 is 5.60. The van der Waals surface area contributed by atoms with Gasteiger partial charge in [0.15, 0.2) is 0 Å². The fourth-order valence-electron chi connectivity index (χ4n) is 1.08. The molecule has 0 aliphatic heterocycles. The zero-order valence-electron chi connectivity index (χ0n) is 7.07. The number of hydrogen-bond donors (Lipinski definition) is 1. The van der Waals surface area contributed by atoms with Gasteiger partial charge in [-0.25, -0.2) is 4.39 Å². The Morgan fingerprint density at radius 1 is 1.42 bits per heavy atom.